The first-order valence-corrected chi connectivity index (χ1v) is 12.5. The number of pyridine rings is 1. The van der Waals surface area contributed by atoms with Crippen LogP contribution in [0.4, 0.5) is 4.39 Å². The number of ether oxygens (including phenoxy) is 2. The van der Waals surface area contributed by atoms with Crippen LogP contribution in [-0.2, 0) is 18.6 Å². The number of rotatable bonds is 7. The SMILES string of the molecule is CC(C)(C)n1nnnc1[C@@H](c1cc2cc3c(cc2[nH]c1=O)OCO3)N(Cc1ccc(F)cc1)Cc1ccco1. The fourth-order valence-electron chi connectivity index (χ4n) is 4.82. The van der Waals surface area contributed by atoms with E-state index in [2.05, 4.69) is 20.5 Å². The lowest BCUT2D eigenvalue weighted by Crippen LogP contribution is -2.37. The zero-order chi connectivity index (χ0) is 27.1. The Morgan fingerprint density at radius 2 is 1.85 bits per heavy atom. The highest BCUT2D eigenvalue weighted by atomic mass is 19.1. The number of aromatic amines is 1. The van der Waals surface area contributed by atoms with Gasteiger partial charge in [-0.1, -0.05) is 12.1 Å². The van der Waals surface area contributed by atoms with Crippen LogP contribution >= 0.6 is 0 Å². The average molecular weight is 531 g/mol. The van der Waals surface area contributed by atoms with Crippen molar-refractivity contribution < 1.29 is 18.3 Å². The molecule has 0 amide bonds. The van der Waals surface area contributed by atoms with Gasteiger partial charge < -0.3 is 18.9 Å². The van der Waals surface area contributed by atoms with Crippen LogP contribution in [-0.4, -0.2) is 36.9 Å². The molecule has 39 heavy (non-hydrogen) atoms. The molecule has 10 nitrogen and oxygen atoms in total. The van der Waals surface area contributed by atoms with Crippen molar-refractivity contribution in [2.24, 2.45) is 0 Å². The smallest absolute Gasteiger partial charge is 0.253 e. The lowest BCUT2D eigenvalue weighted by molar-refractivity contribution is 0.171. The number of benzene rings is 2. The lowest BCUT2D eigenvalue weighted by Gasteiger charge is -2.32. The molecule has 0 radical (unpaired) electrons. The van der Waals surface area contributed by atoms with E-state index in [9.17, 15) is 9.18 Å². The second kappa shape index (κ2) is 9.66. The molecule has 4 heterocycles. The van der Waals surface area contributed by atoms with Gasteiger partial charge in [0, 0.05) is 23.6 Å². The minimum absolute atomic E-state index is 0.125. The second-order valence-corrected chi connectivity index (χ2v) is 10.5. The summed E-state index contributed by atoms with van der Waals surface area (Å²) in [6.45, 7) is 6.80. The molecule has 1 aliphatic heterocycles. The highest BCUT2D eigenvalue weighted by Crippen LogP contribution is 2.37. The summed E-state index contributed by atoms with van der Waals surface area (Å²) in [5, 5.41) is 13.5. The number of nitrogens with one attached hydrogen (secondary N) is 1. The molecule has 0 spiro atoms. The first kappa shape index (κ1) is 24.8. The van der Waals surface area contributed by atoms with Crippen molar-refractivity contribution in [1.82, 2.24) is 30.1 Å². The third-order valence-electron chi connectivity index (χ3n) is 6.64. The molecule has 1 atom stereocenters. The number of H-pyrrole nitrogens is 1. The van der Waals surface area contributed by atoms with Gasteiger partial charge in [-0.2, -0.15) is 0 Å². The number of halogens is 1. The summed E-state index contributed by atoms with van der Waals surface area (Å²) in [4.78, 5) is 18.8. The standard InChI is InChI=1S/C28H27FN6O4/c1-28(2,3)35-26(31-32-33-35)25(21-11-18-12-23-24(39-16-38-23)13-22(18)30-27(21)36)34(15-20-5-4-10-37-20)14-17-6-8-19(29)9-7-17/h4-13,25H,14-16H2,1-3H3,(H,30,36)/t25-/m1/s1. The molecule has 1 N–H and O–H groups in total. The van der Waals surface area contributed by atoms with Gasteiger partial charge in [0.2, 0.25) is 6.79 Å². The van der Waals surface area contributed by atoms with Crippen LogP contribution in [0.3, 0.4) is 0 Å². The molecule has 1 aliphatic rings. The highest BCUT2D eigenvalue weighted by molar-refractivity contribution is 5.83. The highest BCUT2D eigenvalue weighted by Gasteiger charge is 2.34. The largest absolute Gasteiger partial charge is 0.468 e. The van der Waals surface area contributed by atoms with Gasteiger partial charge >= 0.3 is 0 Å². The second-order valence-electron chi connectivity index (χ2n) is 10.5. The van der Waals surface area contributed by atoms with E-state index < -0.39 is 11.6 Å². The number of furan rings is 1. The predicted octanol–water partition coefficient (Wildman–Crippen LogP) is 4.52. The maximum Gasteiger partial charge on any atom is 0.253 e. The lowest BCUT2D eigenvalue weighted by atomic mass is 10.0. The van der Waals surface area contributed by atoms with Crippen molar-refractivity contribution in [2.75, 3.05) is 6.79 Å². The molecule has 2 aromatic carbocycles. The van der Waals surface area contributed by atoms with Crippen molar-refractivity contribution in [3.63, 3.8) is 0 Å². The summed E-state index contributed by atoms with van der Waals surface area (Å²) in [5.41, 5.74) is 1.15. The number of fused-ring (bicyclic) bond motifs is 2. The number of nitrogens with zero attached hydrogens (tertiary/aromatic N) is 5. The minimum atomic E-state index is -0.687. The van der Waals surface area contributed by atoms with Crippen LogP contribution in [0.5, 0.6) is 11.5 Å². The van der Waals surface area contributed by atoms with Gasteiger partial charge in [-0.05, 0) is 73.2 Å². The molecule has 0 unspecified atom stereocenters. The van der Waals surface area contributed by atoms with E-state index in [0.29, 0.717) is 47.3 Å². The van der Waals surface area contributed by atoms with Crippen LogP contribution in [0, 0.1) is 5.82 Å². The molecule has 5 aromatic rings. The molecule has 3 aromatic heterocycles. The summed E-state index contributed by atoms with van der Waals surface area (Å²) in [7, 11) is 0. The topological polar surface area (TPSA) is 111 Å². The van der Waals surface area contributed by atoms with Gasteiger partial charge in [0.25, 0.3) is 5.56 Å². The number of hydrogen-bond donors (Lipinski definition) is 1. The molecule has 0 bridgehead atoms. The summed E-state index contributed by atoms with van der Waals surface area (Å²) in [6.07, 6.45) is 1.60. The van der Waals surface area contributed by atoms with E-state index in [0.717, 1.165) is 10.9 Å². The fourth-order valence-corrected chi connectivity index (χ4v) is 4.82. The Balaban J connectivity index is 1.55. The summed E-state index contributed by atoms with van der Waals surface area (Å²) < 4.78 is 32.2. The number of aromatic nitrogens is 5. The maximum absolute atomic E-state index is 13.7. The molecule has 0 saturated heterocycles. The van der Waals surface area contributed by atoms with Crippen molar-refractivity contribution in [1.29, 1.82) is 0 Å². The van der Waals surface area contributed by atoms with Crippen LogP contribution in [0.2, 0.25) is 0 Å². The average Bonchev–Trinajstić information content (AvgIpc) is 3.66. The van der Waals surface area contributed by atoms with Gasteiger partial charge in [0.05, 0.1) is 23.9 Å². The number of hydrogen-bond acceptors (Lipinski definition) is 8. The Bertz CT molecular complexity index is 1670. The Hall–Kier alpha value is -4.51. The maximum atomic E-state index is 13.7. The van der Waals surface area contributed by atoms with Gasteiger partial charge in [0.1, 0.15) is 17.6 Å². The zero-order valence-corrected chi connectivity index (χ0v) is 21.7. The quantitative estimate of drug-likeness (QED) is 0.327. The summed E-state index contributed by atoms with van der Waals surface area (Å²) >= 11 is 0. The molecule has 0 saturated carbocycles. The van der Waals surface area contributed by atoms with E-state index in [1.807, 2.05) is 49.9 Å². The van der Waals surface area contributed by atoms with E-state index in [-0.39, 0.29) is 18.2 Å². The molecule has 11 heteroatoms. The van der Waals surface area contributed by atoms with Crippen molar-refractivity contribution >= 4 is 10.9 Å². The molecular formula is C28H27FN6O4. The van der Waals surface area contributed by atoms with Crippen molar-refractivity contribution in [3.8, 4) is 11.5 Å². The van der Waals surface area contributed by atoms with Gasteiger partial charge in [-0.15, -0.1) is 5.10 Å². The van der Waals surface area contributed by atoms with Crippen LogP contribution in [0.25, 0.3) is 10.9 Å². The molecule has 200 valence electrons. The van der Waals surface area contributed by atoms with E-state index >= 15 is 0 Å². The van der Waals surface area contributed by atoms with E-state index in [1.165, 1.54) is 12.1 Å². The van der Waals surface area contributed by atoms with Gasteiger partial charge in [-0.3, -0.25) is 9.69 Å². The van der Waals surface area contributed by atoms with E-state index in [4.69, 9.17) is 13.9 Å². The summed E-state index contributed by atoms with van der Waals surface area (Å²) in [5.74, 6) is 2.04. The third kappa shape index (κ3) is 4.88. The first-order chi connectivity index (χ1) is 18.8. The monoisotopic (exact) mass is 530 g/mol. The first-order valence-electron chi connectivity index (χ1n) is 12.5. The Kier molecular flexibility index (Phi) is 6.15. The van der Waals surface area contributed by atoms with Crippen LogP contribution < -0.4 is 15.0 Å². The molecular weight excluding hydrogens is 503 g/mol. The van der Waals surface area contributed by atoms with Crippen molar-refractivity contribution in [3.05, 3.63) is 99.7 Å². The predicted molar refractivity (Wildman–Crippen MR) is 140 cm³/mol. The Labute approximate surface area is 223 Å². The van der Waals surface area contributed by atoms with E-state index in [1.54, 1.807) is 29.1 Å². The van der Waals surface area contributed by atoms with Gasteiger partial charge in [0.15, 0.2) is 17.3 Å². The summed E-state index contributed by atoms with van der Waals surface area (Å²) in [6, 6.07) is 14.7. The minimum Gasteiger partial charge on any atom is -0.468 e. The molecule has 0 aliphatic carbocycles. The normalized spacial score (nSPS) is 13.9. The zero-order valence-electron chi connectivity index (χ0n) is 21.7. The van der Waals surface area contributed by atoms with Gasteiger partial charge in [-0.25, -0.2) is 9.07 Å². The third-order valence-corrected chi connectivity index (χ3v) is 6.64. The Morgan fingerprint density at radius 3 is 2.56 bits per heavy atom. The Morgan fingerprint density at radius 1 is 1.08 bits per heavy atom. The van der Waals surface area contributed by atoms with Crippen LogP contribution in [0.1, 0.15) is 49.5 Å². The molecule has 6 rings (SSSR count). The van der Waals surface area contributed by atoms with Crippen molar-refractivity contribution in [2.45, 2.75) is 45.4 Å². The molecule has 0 fully saturated rings. The van der Waals surface area contributed by atoms with Crippen LogP contribution in [0.15, 0.2) is 70.1 Å². The number of tetrazole rings is 1. The fraction of sp³-hybridized carbons (Fsp3) is 0.286.